The van der Waals surface area contributed by atoms with Crippen molar-refractivity contribution in [1.29, 1.82) is 0 Å². The molecule has 5 nitrogen and oxygen atoms in total. The predicted molar refractivity (Wildman–Crippen MR) is 100 cm³/mol. The Bertz CT molecular complexity index is 935. The number of benzene rings is 2. The smallest absolute Gasteiger partial charge is 0.275 e. The van der Waals surface area contributed by atoms with Crippen LogP contribution < -0.4 is 10.6 Å². The Morgan fingerprint density at radius 1 is 1.04 bits per heavy atom. The van der Waals surface area contributed by atoms with E-state index in [1.807, 2.05) is 18.2 Å². The largest absolute Gasteiger partial charge is 0.365 e. The number of amides is 1. The topological polar surface area (TPSA) is 66.9 Å². The molecule has 0 spiro atoms. The summed E-state index contributed by atoms with van der Waals surface area (Å²) < 4.78 is 13.1. The van der Waals surface area contributed by atoms with Crippen molar-refractivity contribution < 1.29 is 9.18 Å². The van der Waals surface area contributed by atoms with E-state index in [0.717, 1.165) is 5.56 Å². The van der Waals surface area contributed by atoms with Crippen LogP contribution in [0.2, 0.25) is 10.0 Å². The lowest BCUT2D eigenvalue weighted by atomic mass is 10.2. The zero-order chi connectivity index (χ0) is 18.5. The molecule has 1 aromatic heterocycles. The Balaban J connectivity index is 1.62. The normalized spacial score (nSPS) is 10.4. The van der Waals surface area contributed by atoms with E-state index in [1.54, 1.807) is 6.07 Å². The van der Waals surface area contributed by atoms with E-state index in [-0.39, 0.29) is 10.7 Å². The van der Waals surface area contributed by atoms with Crippen molar-refractivity contribution in [2.75, 3.05) is 10.6 Å². The standard InChI is InChI=1S/C18H13Cl2FN4O/c19-13-4-2-1-3-11(13)8-23-17-10-22-16(9-24-17)18(26)25-12-5-6-15(21)14(20)7-12/h1-7,9-10H,8H2,(H,23,24)(H,25,26). The fourth-order valence-corrected chi connectivity index (χ4v) is 2.52. The third kappa shape index (κ3) is 4.47. The number of carbonyl (C=O) groups excluding carboxylic acids is 1. The van der Waals surface area contributed by atoms with Gasteiger partial charge in [-0.2, -0.15) is 0 Å². The molecular formula is C18H13Cl2FN4O. The summed E-state index contributed by atoms with van der Waals surface area (Å²) in [5, 5.41) is 6.24. The van der Waals surface area contributed by atoms with Crippen molar-refractivity contribution in [1.82, 2.24) is 9.97 Å². The summed E-state index contributed by atoms with van der Waals surface area (Å²) in [5.74, 6) is -0.525. The van der Waals surface area contributed by atoms with Crippen molar-refractivity contribution in [3.8, 4) is 0 Å². The van der Waals surface area contributed by atoms with Crippen LogP contribution in [0.5, 0.6) is 0 Å². The molecule has 0 fully saturated rings. The van der Waals surface area contributed by atoms with Gasteiger partial charge in [0, 0.05) is 17.3 Å². The molecule has 2 aromatic carbocycles. The molecule has 26 heavy (non-hydrogen) atoms. The minimum Gasteiger partial charge on any atom is -0.365 e. The fourth-order valence-electron chi connectivity index (χ4n) is 2.13. The lowest BCUT2D eigenvalue weighted by Crippen LogP contribution is -2.14. The second-order valence-corrected chi connectivity index (χ2v) is 6.13. The van der Waals surface area contributed by atoms with Crippen molar-refractivity contribution in [3.05, 3.63) is 82.0 Å². The maximum Gasteiger partial charge on any atom is 0.275 e. The summed E-state index contributed by atoms with van der Waals surface area (Å²) in [5.41, 5.74) is 1.41. The first-order chi connectivity index (χ1) is 12.5. The van der Waals surface area contributed by atoms with Crippen LogP contribution in [-0.4, -0.2) is 15.9 Å². The summed E-state index contributed by atoms with van der Waals surface area (Å²) in [7, 11) is 0. The van der Waals surface area contributed by atoms with Crippen LogP contribution in [-0.2, 0) is 6.54 Å². The highest BCUT2D eigenvalue weighted by Gasteiger charge is 2.10. The average Bonchev–Trinajstić information content (AvgIpc) is 2.64. The third-order valence-electron chi connectivity index (χ3n) is 3.48. The number of hydrogen-bond acceptors (Lipinski definition) is 4. The fraction of sp³-hybridized carbons (Fsp3) is 0.0556. The number of halogens is 3. The quantitative estimate of drug-likeness (QED) is 0.657. The molecule has 132 valence electrons. The molecule has 0 radical (unpaired) electrons. The highest BCUT2D eigenvalue weighted by atomic mass is 35.5. The van der Waals surface area contributed by atoms with Crippen LogP contribution in [0.4, 0.5) is 15.9 Å². The lowest BCUT2D eigenvalue weighted by molar-refractivity contribution is 0.102. The van der Waals surface area contributed by atoms with Gasteiger partial charge in [-0.3, -0.25) is 4.79 Å². The second kappa shape index (κ2) is 8.12. The van der Waals surface area contributed by atoms with Gasteiger partial charge in [0.05, 0.1) is 17.4 Å². The molecule has 0 atom stereocenters. The average molecular weight is 391 g/mol. The molecule has 0 aliphatic heterocycles. The molecule has 0 saturated carbocycles. The first-order valence-corrected chi connectivity index (χ1v) is 8.34. The number of nitrogens with zero attached hydrogens (tertiary/aromatic N) is 2. The maximum absolute atomic E-state index is 13.1. The monoisotopic (exact) mass is 390 g/mol. The predicted octanol–water partition coefficient (Wildman–Crippen LogP) is 4.79. The van der Waals surface area contributed by atoms with Gasteiger partial charge < -0.3 is 10.6 Å². The number of aromatic nitrogens is 2. The van der Waals surface area contributed by atoms with E-state index < -0.39 is 11.7 Å². The molecule has 2 N–H and O–H groups in total. The molecular weight excluding hydrogens is 378 g/mol. The summed E-state index contributed by atoms with van der Waals surface area (Å²) in [6.45, 7) is 0.480. The van der Waals surface area contributed by atoms with E-state index in [4.69, 9.17) is 23.2 Å². The summed E-state index contributed by atoms with van der Waals surface area (Å²) in [6.07, 6.45) is 2.79. The van der Waals surface area contributed by atoms with E-state index in [0.29, 0.717) is 23.1 Å². The highest BCUT2D eigenvalue weighted by molar-refractivity contribution is 6.31. The van der Waals surface area contributed by atoms with Gasteiger partial charge in [-0.05, 0) is 29.8 Å². The lowest BCUT2D eigenvalue weighted by Gasteiger charge is -2.08. The zero-order valence-corrected chi connectivity index (χ0v) is 14.9. The first-order valence-electron chi connectivity index (χ1n) is 7.58. The van der Waals surface area contributed by atoms with E-state index in [2.05, 4.69) is 20.6 Å². The molecule has 3 aromatic rings. The minimum atomic E-state index is -0.557. The summed E-state index contributed by atoms with van der Waals surface area (Å²) in [6, 6.07) is 11.4. The minimum absolute atomic E-state index is 0.0759. The number of nitrogens with one attached hydrogen (secondary N) is 2. The van der Waals surface area contributed by atoms with Gasteiger partial charge in [-0.15, -0.1) is 0 Å². The van der Waals surface area contributed by atoms with Crippen LogP contribution >= 0.6 is 23.2 Å². The number of rotatable bonds is 5. The molecule has 8 heteroatoms. The third-order valence-corrected chi connectivity index (χ3v) is 4.14. The van der Waals surface area contributed by atoms with Gasteiger partial charge in [0.25, 0.3) is 5.91 Å². The van der Waals surface area contributed by atoms with Crippen molar-refractivity contribution in [2.24, 2.45) is 0 Å². The molecule has 0 saturated heterocycles. The van der Waals surface area contributed by atoms with Crippen LogP contribution in [0, 0.1) is 5.82 Å². The Hall–Kier alpha value is -2.70. The highest BCUT2D eigenvalue weighted by Crippen LogP contribution is 2.20. The number of hydrogen-bond donors (Lipinski definition) is 2. The van der Waals surface area contributed by atoms with Gasteiger partial charge in [-0.25, -0.2) is 14.4 Å². The van der Waals surface area contributed by atoms with Crippen LogP contribution in [0.1, 0.15) is 16.1 Å². The summed E-state index contributed by atoms with van der Waals surface area (Å²) >= 11 is 11.8. The zero-order valence-electron chi connectivity index (χ0n) is 13.3. The van der Waals surface area contributed by atoms with Crippen LogP contribution in [0.15, 0.2) is 54.9 Å². The molecule has 0 aliphatic carbocycles. The van der Waals surface area contributed by atoms with Gasteiger partial charge >= 0.3 is 0 Å². The van der Waals surface area contributed by atoms with E-state index in [9.17, 15) is 9.18 Å². The maximum atomic E-state index is 13.1. The van der Waals surface area contributed by atoms with Crippen molar-refractivity contribution in [2.45, 2.75) is 6.54 Å². The molecule has 3 rings (SSSR count). The Labute approximate surface area is 159 Å². The van der Waals surface area contributed by atoms with Crippen LogP contribution in [0.25, 0.3) is 0 Å². The Morgan fingerprint density at radius 3 is 2.54 bits per heavy atom. The molecule has 0 aliphatic rings. The van der Waals surface area contributed by atoms with Crippen LogP contribution in [0.3, 0.4) is 0 Å². The van der Waals surface area contributed by atoms with Gasteiger partial charge in [0.1, 0.15) is 17.3 Å². The SMILES string of the molecule is O=C(Nc1ccc(F)c(Cl)c1)c1cnc(NCc2ccccc2Cl)cn1. The molecule has 0 unspecified atom stereocenters. The van der Waals surface area contributed by atoms with Crippen molar-refractivity contribution in [3.63, 3.8) is 0 Å². The second-order valence-electron chi connectivity index (χ2n) is 5.31. The molecule has 1 amide bonds. The summed E-state index contributed by atoms with van der Waals surface area (Å²) in [4.78, 5) is 20.4. The van der Waals surface area contributed by atoms with E-state index >= 15 is 0 Å². The van der Waals surface area contributed by atoms with Gasteiger partial charge in [0.2, 0.25) is 0 Å². The first kappa shape index (κ1) is 18.1. The number of carbonyl (C=O) groups is 1. The van der Waals surface area contributed by atoms with E-state index in [1.165, 1.54) is 30.6 Å². The van der Waals surface area contributed by atoms with Crippen molar-refractivity contribution >= 4 is 40.6 Å². The molecule has 0 bridgehead atoms. The van der Waals surface area contributed by atoms with Gasteiger partial charge in [-0.1, -0.05) is 41.4 Å². The Kier molecular flexibility index (Phi) is 5.65. The molecule has 1 heterocycles. The van der Waals surface area contributed by atoms with Gasteiger partial charge in [0.15, 0.2) is 0 Å². The Morgan fingerprint density at radius 2 is 1.85 bits per heavy atom. The number of anilines is 2.